The summed E-state index contributed by atoms with van der Waals surface area (Å²) in [5, 5.41) is 18.3. The van der Waals surface area contributed by atoms with Gasteiger partial charge in [0.05, 0.1) is 26.4 Å². The van der Waals surface area contributed by atoms with Crippen molar-refractivity contribution in [2.75, 3.05) is 33.0 Å². The van der Waals surface area contributed by atoms with Crippen molar-refractivity contribution in [3.63, 3.8) is 0 Å². The second-order valence-electron chi connectivity index (χ2n) is 14.4. The fraction of sp³-hybridized carbons (Fsp3) is 0.881. The lowest BCUT2D eigenvalue weighted by atomic mass is 10.0. The van der Waals surface area contributed by atoms with Crippen LogP contribution in [0.25, 0.3) is 0 Å². The zero-order valence-electron chi connectivity index (χ0n) is 33.5. The maximum absolute atomic E-state index is 12.6. The summed E-state index contributed by atoms with van der Waals surface area (Å²) >= 11 is 0. The Morgan fingerprint density at radius 2 is 1.04 bits per heavy atom. The summed E-state index contributed by atoms with van der Waals surface area (Å²) in [6.07, 6.45) is 39.8. The minimum atomic E-state index is -4.51. The van der Waals surface area contributed by atoms with Gasteiger partial charge in [-0.1, -0.05) is 167 Å². The Morgan fingerprint density at radius 3 is 1.56 bits per heavy atom. The molecule has 3 N–H and O–H groups in total. The first-order valence-electron chi connectivity index (χ1n) is 21.3. The number of aliphatic hydroxyl groups excluding tert-OH is 2. The number of hydrogen-bond acceptors (Lipinski definition) is 8. The van der Waals surface area contributed by atoms with E-state index in [4.69, 9.17) is 23.6 Å². The highest BCUT2D eigenvalue weighted by atomic mass is 31.2. The number of rotatable bonds is 41. The summed E-state index contributed by atoms with van der Waals surface area (Å²) in [5.74, 6) is -0.394. The Kier molecular flexibility index (Phi) is 38.8. The zero-order chi connectivity index (χ0) is 38.2. The van der Waals surface area contributed by atoms with Crippen molar-refractivity contribution in [1.29, 1.82) is 0 Å². The third-order valence-corrected chi connectivity index (χ3v) is 10.1. The van der Waals surface area contributed by atoms with Crippen LogP contribution in [0.4, 0.5) is 0 Å². The number of phosphoric ester groups is 1. The number of esters is 1. The fourth-order valence-corrected chi connectivity index (χ4v) is 6.65. The summed E-state index contributed by atoms with van der Waals surface area (Å²) in [6.45, 7) is 3.51. The standard InChI is InChI=1S/C42H81O9P/c1-3-5-7-9-11-13-15-17-19-20-22-24-26-28-30-32-34-42(45)51-41(39-50-52(46,47)49-37-40(44)36-43)38-48-35-33-31-29-27-25-23-21-18-16-14-12-10-8-6-4-2/h13,15,19-20,40-41,43-44H,3-12,14,16-18,21-39H2,1-2H3,(H,46,47)/b15-13-,20-19-. The summed E-state index contributed by atoms with van der Waals surface area (Å²) in [6, 6.07) is 0. The number of allylic oxidation sites excluding steroid dienone is 4. The van der Waals surface area contributed by atoms with E-state index >= 15 is 0 Å². The van der Waals surface area contributed by atoms with Gasteiger partial charge in [-0.15, -0.1) is 0 Å². The van der Waals surface area contributed by atoms with Gasteiger partial charge in [0.25, 0.3) is 0 Å². The van der Waals surface area contributed by atoms with Crippen LogP contribution < -0.4 is 0 Å². The van der Waals surface area contributed by atoms with Crippen molar-refractivity contribution in [2.45, 2.75) is 206 Å². The Labute approximate surface area is 319 Å². The largest absolute Gasteiger partial charge is 0.472 e. The first-order valence-corrected chi connectivity index (χ1v) is 22.8. The van der Waals surface area contributed by atoms with Gasteiger partial charge in [0.15, 0.2) is 0 Å². The van der Waals surface area contributed by atoms with E-state index in [-0.39, 0.29) is 19.6 Å². The lowest BCUT2D eigenvalue weighted by molar-refractivity contribution is -0.154. The van der Waals surface area contributed by atoms with Crippen molar-refractivity contribution >= 4 is 13.8 Å². The van der Waals surface area contributed by atoms with Crippen LogP contribution in [-0.2, 0) is 27.9 Å². The van der Waals surface area contributed by atoms with Crippen molar-refractivity contribution in [3.05, 3.63) is 24.3 Å². The third-order valence-electron chi connectivity index (χ3n) is 9.14. The van der Waals surface area contributed by atoms with Gasteiger partial charge in [-0.05, 0) is 44.9 Å². The Bertz CT molecular complexity index is 866. The molecule has 0 aliphatic carbocycles. The number of ether oxygens (including phenoxy) is 2. The molecule has 0 radical (unpaired) electrons. The second kappa shape index (κ2) is 39.6. The van der Waals surface area contributed by atoms with Crippen LogP contribution in [0.15, 0.2) is 24.3 Å². The highest BCUT2D eigenvalue weighted by molar-refractivity contribution is 7.47. The molecule has 0 bridgehead atoms. The molecule has 0 fully saturated rings. The average molecular weight is 761 g/mol. The molecule has 0 saturated heterocycles. The number of aliphatic hydroxyl groups is 2. The van der Waals surface area contributed by atoms with Gasteiger partial charge in [-0.2, -0.15) is 0 Å². The molecule has 0 saturated carbocycles. The van der Waals surface area contributed by atoms with Gasteiger partial charge in [0.2, 0.25) is 0 Å². The quantitative estimate of drug-likeness (QED) is 0.0241. The smallest absolute Gasteiger partial charge is 0.457 e. The molecule has 0 amide bonds. The molecule has 0 aliphatic rings. The first-order chi connectivity index (χ1) is 25.3. The van der Waals surface area contributed by atoms with Crippen LogP contribution >= 0.6 is 7.82 Å². The van der Waals surface area contributed by atoms with E-state index < -0.39 is 39.2 Å². The van der Waals surface area contributed by atoms with Gasteiger partial charge in [0.1, 0.15) is 12.2 Å². The zero-order valence-corrected chi connectivity index (χ0v) is 34.4. The molecule has 10 heteroatoms. The van der Waals surface area contributed by atoms with Crippen molar-refractivity contribution in [3.8, 4) is 0 Å². The first kappa shape index (κ1) is 50.9. The molecular formula is C42H81O9P. The van der Waals surface area contributed by atoms with Crippen molar-refractivity contribution in [1.82, 2.24) is 0 Å². The van der Waals surface area contributed by atoms with E-state index in [1.807, 2.05) is 0 Å². The van der Waals surface area contributed by atoms with E-state index in [9.17, 15) is 19.4 Å². The number of carbonyl (C=O) groups excluding carboxylic acids is 1. The van der Waals surface area contributed by atoms with Crippen LogP contribution in [0.3, 0.4) is 0 Å². The van der Waals surface area contributed by atoms with Gasteiger partial charge < -0.3 is 24.6 Å². The Morgan fingerprint density at radius 1 is 0.596 bits per heavy atom. The van der Waals surface area contributed by atoms with Crippen LogP contribution in [0.2, 0.25) is 0 Å². The van der Waals surface area contributed by atoms with Gasteiger partial charge in [-0.25, -0.2) is 4.57 Å². The molecule has 0 aromatic carbocycles. The molecule has 52 heavy (non-hydrogen) atoms. The fourth-order valence-electron chi connectivity index (χ4n) is 5.86. The summed E-state index contributed by atoms with van der Waals surface area (Å²) in [4.78, 5) is 22.5. The third kappa shape index (κ3) is 38.7. The van der Waals surface area contributed by atoms with Crippen molar-refractivity contribution < 1.29 is 43.0 Å². The van der Waals surface area contributed by atoms with E-state index in [1.165, 1.54) is 116 Å². The van der Waals surface area contributed by atoms with E-state index in [0.717, 1.165) is 51.4 Å². The normalized spacial score (nSPS) is 14.3. The number of hydrogen-bond donors (Lipinski definition) is 3. The highest BCUT2D eigenvalue weighted by Crippen LogP contribution is 2.43. The minimum Gasteiger partial charge on any atom is -0.457 e. The SMILES string of the molecule is CCCCCC/C=C\C/C=C\CCCCCCCC(=O)OC(COCCCCCCCCCCCCCCCCC)COP(=O)(O)OCC(O)CO. The second-order valence-corrected chi connectivity index (χ2v) is 15.8. The monoisotopic (exact) mass is 761 g/mol. The maximum atomic E-state index is 12.6. The molecule has 3 unspecified atom stereocenters. The minimum absolute atomic E-state index is 0.0475. The van der Waals surface area contributed by atoms with Crippen molar-refractivity contribution in [2.24, 2.45) is 0 Å². The predicted octanol–water partition coefficient (Wildman–Crippen LogP) is 11.5. The van der Waals surface area contributed by atoms with E-state index in [0.29, 0.717) is 13.0 Å². The number of unbranched alkanes of at least 4 members (excludes halogenated alkanes) is 23. The topological polar surface area (TPSA) is 132 Å². The highest BCUT2D eigenvalue weighted by Gasteiger charge is 2.26. The molecule has 0 aromatic heterocycles. The lowest BCUT2D eigenvalue weighted by Gasteiger charge is -2.20. The molecule has 0 aromatic rings. The molecule has 3 atom stereocenters. The Balaban J connectivity index is 4.19. The van der Waals surface area contributed by atoms with Gasteiger partial charge in [-0.3, -0.25) is 13.8 Å². The van der Waals surface area contributed by atoms with Gasteiger partial charge >= 0.3 is 13.8 Å². The van der Waals surface area contributed by atoms with Crippen LogP contribution in [0.5, 0.6) is 0 Å². The van der Waals surface area contributed by atoms with Crippen LogP contribution in [0, 0.1) is 0 Å². The molecule has 0 spiro atoms. The van der Waals surface area contributed by atoms with Gasteiger partial charge in [0, 0.05) is 13.0 Å². The average Bonchev–Trinajstić information content (AvgIpc) is 3.13. The summed E-state index contributed by atoms with van der Waals surface area (Å²) in [5.41, 5.74) is 0. The molecular weight excluding hydrogens is 679 g/mol. The maximum Gasteiger partial charge on any atom is 0.472 e. The van der Waals surface area contributed by atoms with E-state index in [1.54, 1.807) is 0 Å². The predicted molar refractivity (Wildman–Crippen MR) is 214 cm³/mol. The number of carbonyl (C=O) groups is 1. The molecule has 308 valence electrons. The number of phosphoric acid groups is 1. The molecule has 9 nitrogen and oxygen atoms in total. The Hall–Kier alpha value is -1.06. The van der Waals surface area contributed by atoms with E-state index in [2.05, 4.69) is 38.2 Å². The lowest BCUT2D eigenvalue weighted by Crippen LogP contribution is -2.29. The molecule has 0 aliphatic heterocycles. The summed E-state index contributed by atoms with van der Waals surface area (Å²) in [7, 11) is -4.51. The molecule has 0 heterocycles. The summed E-state index contributed by atoms with van der Waals surface area (Å²) < 4.78 is 33.3. The van der Waals surface area contributed by atoms with Crippen LogP contribution in [-0.4, -0.2) is 66.3 Å². The molecule has 0 rings (SSSR count). The van der Waals surface area contributed by atoms with Crippen LogP contribution in [0.1, 0.15) is 194 Å².